The average molecular weight is 478 g/mol. The van der Waals surface area contributed by atoms with Gasteiger partial charge in [-0.15, -0.1) is 0 Å². The molecule has 0 saturated carbocycles. The first-order valence-corrected chi connectivity index (χ1v) is 12.3. The molecule has 35 heavy (non-hydrogen) atoms. The minimum atomic E-state index is -0.657. The number of rotatable bonds is 7. The molecular formula is C28H35N3O4. The van der Waals surface area contributed by atoms with Gasteiger partial charge in [-0.3, -0.25) is 15.0 Å². The molecule has 1 aromatic carbocycles. The zero-order valence-electron chi connectivity index (χ0n) is 21.0. The third kappa shape index (κ3) is 5.56. The molecular weight excluding hydrogens is 442 g/mol. The number of aromatic nitrogens is 1. The van der Waals surface area contributed by atoms with Gasteiger partial charge in [0.1, 0.15) is 0 Å². The molecule has 1 saturated heterocycles. The number of ether oxygens (including phenoxy) is 1. The molecule has 1 N–H and O–H groups in total. The number of esters is 1. The molecule has 0 amide bonds. The van der Waals surface area contributed by atoms with Crippen LogP contribution in [0.3, 0.4) is 0 Å². The van der Waals surface area contributed by atoms with Gasteiger partial charge in [0, 0.05) is 40.4 Å². The van der Waals surface area contributed by atoms with E-state index in [9.17, 15) is 14.9 Å². The van der Waals surface area contributed by atoms with Crippen LogP contribution >= 0.6 is 0 Å². The van der Waals surface area contributed by atoms with E-state index in [-0.39, 0.29) is 16.3 Å². The quantitative estimate of drug-likeness (QED) is 0.260. The monoisotopic (exact) mass is 477 g/mol. The van der Waals surface area contributed by atoms with Crippen LogP contribution in [0.1, 0.15) is 73.3 Å². The van der Waals surface area contributed by atoms with Crippen LogP contribution in [0.4, 0.5) is 0 Å². The Morgan fingerprint density at radius 1 is 1.29 bits per heavy atom. The molecule has 1 aliphatic heterocycles. The predicted molar refractivity (Wildman–Crippen MR) is 138 cm³/mol. The highest BCUT2D eigenvalue weighted by Crippen LogP contribution is 2.36. The molecule has 0 radical (unpaired) electrons. The maximum absolute atomic E-state index is 11.3. The summed E-state index contributed by atoms with van der Waals surface area (Å²) in [6.07, 6.45) is 10.5. The van der Waals surface area contributed by atoms with E-state index in [1.54, 1.807) is 12.2 Å². The Labute approximate surface area is 207 Å². The van der Waals surface area contributed by atoms with Gasteiger partial charge in [0.2, 0.25) is 6.04 Å². The van der Waals surface area contributed by atoms with E-state index in [1.165, 1.54) is 30.0 Å². The molecule has 2 heterocycles. The molecule has 1 fully saturated rings. The molecule has 7 nitrogen and oxygen atoms in total. The van der Waals surface area contributed by atoms with Crippen molar-refractivity contribution < 1.29 is 14.5 Å². The summed E-state index contributed by atoms with van der Waals surface area (Å²) in [5.41, 5.74) is 6.81. The molecule has 0 spiro atoms. The molecule has 2 atom stereocenters. The van der Waals surface area contributed by atoms with Crippen molar-refractivity contribution in [2.24, 2.45) is 0 Å². The fourth-order valence-electron chi connectivity index (χ4n) is 5.29. The lowest BCUT2D eigenvalue weighted by molar-refractivity contribution is -0.508. The fraction of sp³-hybridized carbons (Fsp3) is 0.464. The summed E-state index contributed by atoms with van der Waals surface area (Å²) in [6.45, 7) is 8.58. The zero-order valence-corrected chi connectivity index (χ0v) is 21.0. The first-order valence-electron chi connectivity index (χ1n) is 12.3. The van der Waals surface area contributed by atoms with E-state index < -0.39 is 6.04 Å². The second kappa shape index (κ2) is 10.2. The van der Waals surface area contributed by atoms with Gasteiger partial charge in [-0.1, -0.05) is 51.1 Å². The van der Waals surface area contributed by atoms with Crippen LogP contribution in [0.15, 0.2) is 36.4 Å². The second-order valence-corrected chi connectivity index (χ2v) is 10.5. The van der Waals surface area contributed by atoms with Gasteiger partial charge in [0.15, 0.2) is 0 Å². The van der Waals surface area contributed by atoms with Crippen molar-refractivity contribution in [3.05, 3.63) is 80.2 Å². The summed E-state index contributed by atoms with van der Waals surface area (Å²) in [6, 6.07) is 8.11. The number of fused-ring (bicyclic) bond motifs is 1. The zero-order chi connectivity index (χ0) is 25.2. The minimum Gasteiger partial charge on any atom is -0.466 e. The predicted octanol–water partition coefficient (Wildman–Crippen LogP) is 5.09. The first kappa shape index (κ1) is 24.9. The van der Waals surface area contributed by atoms with E-state index in [0.717, 1.165) is 49.2 Å². The number of carbonyl (C=O) groups is 1. The number of methoxy groups -OCH3 is 1. The number of H-pyrrole nitrogens is 1. The van der Waals surface area contributed by atoms with Gasteiger partial charge >= 0.3 is 5.97 Å². The smallest absolute Gasteiger partial charge is 0.330 e. The number of likely N-dealkylation sites (tertiary alicyclic amines) is 1. The molecule has 2 aliphatic rings. The van der Waals surface area contributed by atoms with Crippen molar-refractivity contribution in [2.75, 3.05) is 20.2 Å². The first-order chi connectivity index (χ1) is 16.7. The van der Waals surface area contributed by atoms with E-state index in [1.807, 2.05) is 18.2 Å². The summed E-state index contributed by atoms with van der Waals surface area (Å²) in [5.74, 6) is -0.360. The van der Waals surface area contributed by atoms with Crippen molar-refractivity contribution in [1.82, 2.24) is 9.88 Å². The summed E-state index contributed by atoms with van der Waals surface area (Å²) in [4.78, 5) is 28.6. The normalized spacial score (nSPS) is 20.3. The van der Waals surface area contributed by atoms with Gasteiger partial charge in [0.25, 0.3) is 0 Å². The van der Waals surface area contributed by atoms with Crippen molar-refractivity contribution in [3.8, 4) is 0 Å². The molecule has 2 unspecified atom stereocenters. The number of nitrogens with one attached hydrogen (secondary N) is 1. The number of carbonyl (C=O) groups excluding carboxylic acids is 1. The van der Waals surface area contributed by atoms with Gasteiger partial charge < -0.3 is 9.72 Å². The van der Waals surface area contributed by atoms with Crippen molar-refractivity contribution in [3.63, 3.8) is 0 Å². The molecule has 7 heteroatoms. The van der Waals surface area contributed by atoms with Crippen LogP contribution in [0.5, 0.6) is 0 Å². The summed E-state index contributed by atoms with van der Waals surface area (Å²) < 4.78 is 4.66. The fourth-order valence-corrected chi connectivity index (χ4v) is 5.29. The molecule has 1 aromatic heterocycles. The van der Waals surface area contributed by atoms with E-state index >= 15 is 0 Å². The molecule has 186 valence electrons. The number of hydrogen-bond donors (Lipinski definition) is 1. The van der Waals surface area contributed by atoms with E-state index in [2.05, 4.69) is 47.5 Å². The summed E-state index contributed by atoms with van der Waals surface area (Å²) in [7, 11) is 1.37. The Bertz CT molecular complexity index is 1140. The second-order valence-electron chi connectivity index (χ2n) is 10.5. The van der Waals surface area contributed by atoms with Gasteiger partial charge in [-0.05, 0) is 60.2 Å². The van der Waals surface area contributed by atoms with Crippen LogP contribution in [0.2, 0.25) is 0 Å². The molecule has 4 rings (SSSR count). The Kier molecular flexibility index (Phi) is 7.26. The minimum absolute atomic E-state index is 0.0669. The topological polar surface area (TPSA) is 88.5 Å². The number of benzene rings is 1. The van der Waals surface area contributed by atoms with Crippen LogP contribution in [0.25, 0.3) is 12.2 Å². The highest BCUT2D eigenvalue weighted by atomic mass is 16.6. The van der Waals surface area contributed by atoms with Crippen LogP contribution in [-0.4, -0.2) is 47.0 Å². The Balaban J connectivity index is 1.50. The van der Waals surface area contributed by atoms with Crippen LogP contribution < -0.4 is 0 Å². The molecule has 2 aromatic rings. The third-order valence-electron chi connectivity index (χ3n) is 7.09. The number of aromatic amines is 1. The Morgan fingerprint density at radius 3 is 2.69 bits per heavy atom. The lowest BCUT2D eigenvalue weighted by Gasteiger charge is -2.26. The van der Waals surface area contributed by atoms with Crippen molar-refractivity contribution in [2.45, 2.75) is 64.0 Å². The van der Waals surface area contributed by atoms with Gasteiger partial charge in [0.05, 0.1) is 13.5 Å². The maximum atomic E-state index is 11.3. The standard InChI is InChI=1S/C28H35N3O4/c1-28(2,3)27-23(22-13-12-21(31(33)34)18-24(22)29-27)15-17-30-16-5-6-25(30)20-10-7-19(8-11-20)9-14-26(32)35-4/h7-14,21,25,29H,5-6,15-18H2,1-4H3/b14-9+. The van der Waals surface area contributed by atoms with Gasteiger partial charge in [-0.2, -0.15) is 0 Å². The van der Waals surface area contributed by atoms with Crippen LogP contribution in [-0.2, 0) is 27.8 Å². The van der Waals surface area contributed by atoms with Crippen molar-refractivity contribution in [1.29, 1.82) is 0 Å². The highest BCUT2D eigenvalue weighted by molar-refractivity contribution is 5.86. The van der Waals surface area contributed by atoms with Crippen LogP contribution in [0, 0.1) is 10.1 Å². The lowest BCUT2D eigenvalue weighted by Crippen LogP contribution is -2.27. The largest absolute Gasteiger partial charge is 0.466 e. The Hall–Kier alpha value is -3.19. The highest BCUT2D eigenvalue weighted by Gasteiger charge is 2.32. The lowest BCUT2D eigenvalue weighted by atomic mass is 9.86. The summed E-state index contributed by atoms with van der Waals surface area (Å²) >= 11 is 0. The number of nitro groups is 1. The van der Waals surface area contributed by atoms with Gasteiger partial charge in [-0.25, -0.2) is 4.79 Å². The third-order valence-corrected chi connectivity index (χ3v) is 7.09. The van der Waals surface area contributed by atoms with Crippen molar-refractivity contribution >= 4 is 18.1 Å². The number of hydrogen-bond acceptors (Lipinski definition) is 5. The molecule has 1 aliphatic carbocycles. The maximum Gasteiger partial charge on any atom is 0.330 e. The molecule has 0 bridgehead atoms. The Morgan fingerprint density at radius 2 is 2.03 bits per heavy atom. The van der Waals surface area contributed by atoms with E-state index in [4.69, 9.17) is 0 Å². The summed E-state index contributed by atoms with van der Waals surface area (Å²) in [5, 5.41) is 11.3. The average Bonchev–Trinajstić information content (AvgIpc) is 3.45. The SMILES string of the molecule is COC(=O)/C=C/c1ccc(C2CCCN2CCc2c(C(C)(C)C)[nH]c3c2C=CC([N+](=O)[O-])C3)cc1. The van der Waals surface area contributed by atoms with E-state index in [0.29, 0.717) is 12.5 Å². The number of nitrogens with zero attached hydrogens (tertiary/aromatic N) is 2.